The van der Waals surface area contributed by atoms with Gasteiger partial charge in [0.05, 0.1) is 23.4 Å². The Balaban J connectivity index is 1.45. The van der Waals surface area contributed by atoms with Gasteiger partial charge in [-0.05, 0) is 55.0 Å². The fourth-order valence-electron chi connectivity index (χ4n) is 4.29. The second kappa shape index (κ2) is 8.06. The maximum atomic E-state index is 15.2. The number of pyridine rings is 1. The third-order valence-electron chi connectivity index (χ3n) is 6.13. The van der Waals surface area contributed by atoms with Crippen LogP contribution in [0.15, 0.2) is 67.0 Å². The minimum atomic E-state index is -3.72. The van der Waals surface area contributed by atoms with Gasteiger partial charge in [0.15, 0.2) is 0 Å². The fraction of sp³-hybridized carbons (Fsp3) is 0.269. The molecule has 1 aromatic heterocycles. The van der Waals surface area contributed by atoms with Crippen molar-refractivity contribution in [1.29, 1.82) is 0 Å². The van der Waals surface area contributed by atoms with Gasteiger partial charge >= 0.3 is 17.8 Å². The number of rotatable bonds is 6. The SMILES string of the molecule is CC(OC(=O)c1ccccc1)c1cccc2c1C(F)(F)C(=O)N2Cc1cncc(C2CC2)c1. The number of carbonyl (C=O) groups is 2. The smallest absolute Gasteiger partial charge is 0.352 e. The average Bonchev–Trinajstić information content (AvgIpc) is 3.65. The lowest BCUT2D eigenvalue weighted by Crippen LogP contribution is -2.34. The van der Waals surface area contributed by atoms with E-state index in [-0.39, 0.29) is 17.8 Å². The van der Waals surface area contributed by atoms with Crippen LogP contribution in [0, 0.1) is 0 Å². The number of anilines is 1. The summed E-state index contributed by atoms with van der Waals surface area (Å²) < 4.78 is 35.9. The molecule has 1 atom stereocenters. The van der Waals surface area contributed by atoms with Crippen molar-refractivity contribution in [2.75, 3.05) is 4.90 Å². The van der Waals surface area contributed by atoms with Gasteiger partial charge < -0.3 is 9.64 Å². The standard InChI is InChI=1S/C26H22F2N2O3/c1-16(33-24(31)19-6-3-2-4-7-19)21-8-5-9-22-23(21)26(27,28)25(32)30(22)15-17-12-20(14-29-13-17)18-10-11-18/h2-9,12-14,16,18H,10-11,15H2,1H3. The van der Waals surface area contributed by atoms with Crippen LogP contribution in [0.5, 0.6) is 0 Å². The van der Waals surface area contributed by atoms with Gasteiger partial charge in [0.2, 0.25) is 0 Å². The summed E-state index contributed by atoms with van der Waals surface area (Å²) in [4.78, 5) is 30.6. The molecule has 168 valence electrons. The highest BCUT2D eigenvalue weighted by Gasteiger charge is 2.54. The molecule has 2 heterocycles. The number of amides is 1. The zero-order valence-corrected chi connectivity index (χ0v) is 18.0. The topological polar surface area (TPSA) is 59.5 Å². The van der Waals surface area contributed by atoms with E-state index < -0.39 is 29.5 Å². The van der Waals surface area contributed by atoms with Crippen molar-refractivity contribution in [1.82, 2.24) is 4.98 Å². The highest BCUT2D eigenvalue weighted by Crippen LogP contribution is 2.48. The molecule has 33 heavy (non-hydrogen) atoms. The van der Waals surface area contributed by atoms with Crippen LogP contribution in [0.3, 0.4) is 0 Å². The molecule has 1 fully saturated rings. The third-order valence-corrected chi connectivity index (χ3v) is 6.13. The van der Waals surface area contributed by atoms with E-state index in [1.165, 1.54) is 19.1 Å². The summed E-state index contributed by atoms with van der Waals surface area (Å²) in [6, 6.07) is 14.8. The Kier molecular flexibility index (Phi) is 5.19. The highest BCUT2D eigenvalue weighted by atomic mass is 19.3. The van der Waals surface area contributed by atoms with Crippen LogP contribution in [0.4, 0.5) is 14.5 Å². The molecule has 0 radical (unpaired) electrons. The molecular weight excluding hydrogens is 426 g/mol. The van der Waals surface area contributed by atoms with E-state index >= 15 is 8.78 Å². The molecule has 0 N–H and O–H groups in total. The van der Waals surface area contributed by atoms with Crippen molar-refractivity contribution in [3.05, 3.63) is 94.8 Å². The van der Waals surface area contributed by atoms with Crippen molar-refractivity contribution in [2.24, 2.45) is 0 Å². The second-order valence-electron chi connectivity index (χ2n) is 8.52. The molecule has 5 rings (SSSR count). The summed E-state index contributed by atoms with van der Waals surface area (Å²) in [5.41, 5.74) is 1.93. The molecular formula is C26H22F2N2O3. The molecule has 0 saturated heterocycles. The van der Waals surface area contributed by atoms with Gasteiger partial charge in [-0.25, -0.2) is 4.79 Å². The average molecular weight is 448 g/mol. The number of hydrogen-bond donors (Lipinski definition) is 0. The number of carbonyl (C=O) groups excluding carboxylic acids is 2. The molecule has 1 aliphatic carbocycles. The Morgan fingerprint density at radius 1 is 1.15 bits per heavy atom. The van der Waals surface area contributed by atoms with E-state index in [0.29, 0.717) is 17.0 Å². The minimum absolute atomic E-state index is 0.00335. The van der Waals surface area contributed by atoms with Crippen LogP contribution >= 0.6 is 0 Å². The van der Waals surface area contributed by atoms with Gasteiger partial charge in [-0.15, -0.1) is 0 Å². The summed E-state index contributed by atoms with van der Waals surface area (Å²) in [5.74, 6) is -5.16. The van der Waals surface area contributed by atoms with Crippen molar-refractivity contribution >= 4 is 17.6 Å². The van der Waals surface area contributed by atoms with Crippen LogP contribution in [0.1, 0.15) is 64.4 Å². The largest absolute Gasteiger partial charge is 0.454 e. The number of fused-ring (bicyclic) bond motifs is 1. The molecule has 0 bridgehead atoms. The van der Waals surface area contributed by atoms with Gasteiger partial charge in [0.25, 0.3) is 0 Å². The summed E-state index contributed by atoms with van der Waals surface area (Å²) >= 11 is 0. The lowest BCUT2D eigenvalue weighted by atomic mass is 9.98. The highest BCUT2D eigenvalue weighted by molar-refractivity contribution is 6.06. The van der Waals surface area contributed by atoms with Crippen molar-refractivity contribution in [2.45, 2.75) is 44.3 Å². The van der Waals surface area contributed by atoms with Crippen LogP contribution in [0.25, 0.3) is 0 Å². The molecule has 1 unspecified atom stereocenters. The maximum Gasteiger partial charge on any atom is 0.352 e. The Morgan fingerprint density at radius 3 is 2.64 bits per heavy atom. The Morgan fingerprint density at radius 2 is 1.91 bits per heavy atom. The number of hydrogen-bond acceptors (Lipinski definition) is 4. The predicted octanol–water partition coefficient (Wildman–Crippen LogP) is 5.52. The number of benzene rings is 2. The predicted molar refractivity (Wildman–Crippen MR) is 118 cm³/mol. The number of esters is 1. The summed E-state index contributed by atoms with van der Waals surface area (Å²) in [7, 11) is 0. The third kappa shape index (κ3) is 3.88. The first-order valence-corrected chi connectivity index (χ1v) is 10.9. The molecule has 7 heteroatoms. The van der Waals surface area contributed by atoms with E-state index in [4.69, 9.17) is 4.74 Å². The number of nitrogens with zero attached hydrogens (tertiary/aromatic N) is 2. The lowest BCUT2D eigenvalue weighted by molar-refractivity contribution is -0.141. The van der Waals surface area contributed by atoms with Gasteiger partial charge in [-0.1, -0.05) is 36.4 Å². The molecule has 2 aromatic carbocycles. The zero-order valence-electron chi connectivity index (χ0n) is 18.0. The minimum Gasteiger partial charge on any atom is -0.454 e. The van der Waals surface area contributed by atoms with Gasteiger partial charge in [0, 0.05) is 18.0 Å². The van der Waals surface area contributed by atoms with Crippen LogP contribution in [-0.2, 0) is 22.0 Å². The van der Waals surface area contributed by atoms with Crippen LogP contribution < -0.4 is 4.90 Å². The molecule has 1 amide bonds. The summed E-state index contributed by atoms with van der Waals surface area (Å²) in [5, 5.41) is 0. The van der Waals surface area contributed by atoms with Crippen LogP contribution in [0.2, 0.25) is 0 Å². The number of halogens is 2. The van der Waals surface area contributed by atoms with Crippen molar-refractivity contribution in [3.63, 3.8) is 0 Å². The fourth-order valence-corrected chi connectivity index (χ4v) is 4.29. The molecule has 3 aromatic rings. The molecule has 5 nitrogen and oxygen atoms in total. The first-order chi connectivity index (χ1) is 15.9. The Bertz CT molecular complexity index is 1230. The number of alkyl halides is 2. The van der Waals surface area contributed by atoms with Crippen LogP contribution in [-0.4, -0.2) is 16.9 Å². The lowest BCUT2D eigenvalue weighted by Gasteiger charge is -2.19. The first kappa shape index (κ1) is 21.2. The van der Waals surface area contributed by atoms with Crippen molar-refractivity contribution in [3.8, 4) is 0 Å². The van der Waals surface area contributed by atoms with E-state index in [2.05, 4.69) is 4.98 Å². The molecule has 1 aliphatic heterocycles. The normalized spacial score (nSPS) is 17.5. The monoisotopic (exact) mass is 448 g/mol. The summed E-state index contributed by atoms with van der Waals surface area (Å²) in [6.07, 6.45) is 4.61. The maximum absolute atomic E-state index is 15.2. The van der Waals surface area contributed by atoms with Gasteiger partial charge in [-0.2, -0.15) is 8.78 Å². The van der Waals surface area contributed by atoms with E-state index in [0.717, 1.165) is 23.3 Å². The van der Waals surface area contributed by atoms with Gasteiger partial charge in [0.1, 0.15) is 6.10 Å². The number of aromatic nitrogens is 1. The van der Waals surface area contributed by atoms with Crippen molar-refractivity contribution < 1.29 is 23.1 Å². The van der Waals surface area contributed by atoms with E-state index in [9.17, 15) is 9.59 Å². The Labute approximate surface area is 190 Å². The molecule has 2 aliphatic rings. The first-order valence-electron chi connectivity index (χ1n) is 10.9. The zero-order chi connectivity index (χ0) is 23.2. The quantitative estimate of drug-likeness (QED) is 0.466. The van der Waals surface area contributed by atoms with E-state index in [1.807, 2.05) is 6.07 Å². The second-order valence-corrected chi connectivity index (χ2v) is 8.52. The van der Waals surface area contributed by atoms with Gasteiger partial charge in [-0.3, -0.25) is 9.78 Å². The summed E-state index contributed by atoms with van der Waals surface area (Å²) in [6.45, 7) is 1.53. The molecule has 1 saturated carbocycles. The molecule has 0 spiro atoms. The number of ether oxygens (including phenoxy) is 1. The Hall–Kier alpha value is -3.61. The van der Waals surface area contributed by atoms with E-state index in [1.54, 1.807) is 48.8 Å².